The van der Waals surface area contributed by atoms with Crippen molar-refractivity contribution in [1.82, 2.24) is 5.32 Å². The average molecular weight is 322 g/mol. The highest BCUT2D eigenvalue weighted by Crippen LogP contribution is 2.34. The normalized spacial score (nSPS) is 13.7. The van der Waals surface area contributed by atoms with Gasteiger partial charge in [0, 0.05) is 24.1 Å². The van der Waals surface area contributed by atoms with Gasteiger partial charge in [0.2, 0.25) is 0 Å². The van der Waals surface area contributed by atoms with Crippen LogP contribution in [0.5, 0.6) is 5.75 Å². The molecule has 0 aliphatic heterocycles. The van der Waals surface area contributed by atoms with Gasteiger partial charge in [-0.3, -0.25) is 4.79 Å². The summed E-state index contributed by atoms with van der Waals surface area (Å²) in [6, 6.07) is 3.33. The Hall–Kier alpha value is -2.01. The minimum Gasteiger partial charge on any atom is -0.482 e. The fourth-order valence-electron chi connectivity index (χ4n) is 2.77. The fourth-order valence-corrected chi connectivity index (χ4v) is 2.99. The number of halogens is 1. The molecule has 1 aliphatic rings. The molecule has 1 N–H and O–H groups in total. The predicted molar refractivity (Wildman–Crippen MR) is 83.7 cm³/mol. The van der Waals surface area contributed by atoms with Crippen molar-refractivity contribution in [2.45, 2.75) is 25.7 Å². The van der Waals surface area contributed by atoms with Crippen LogP contribution in [0.2, 0.25) is 5.02 Å². The van der Waals surface area contributed by atoms with Crippen molar-refractivity contribution in [2.24, 2.45) is 0 Å². The third-order valence-corrected chi connectivity index (χ3v) is 4.21. The number of carbonyl (C=O) groups is 1. The first kappa shape index (κ1) is 14.9. The number of hydrogen-bond donors (Lipinski definition) is 1. The predicted octanol–water partition coefficient (Wildman–Crippen LogP) is 2.45. The Balaban J connectivity index is 2.06. The largest absolute Gasteiger partial charge is 0.482 e. The molecule has 1 aromatic heterocycles. The summed E-state index contributed by atoms with van der Waals surface area (Å²) in [5.74, 6) is 0.0692. The Morgan fingerprint density at radius 3 is 2.77 bits per heavy atom. The highest BCUT2D eigenvalue weighted by Gasteiger charge is 2.19. The molecule has 2 aromatic rings. The number of ether oxygens (including phenoxy) is 1. The summed E-state index contributed by atoms with van der Waals surface area (Å²) in [7, 11) is 1.53. The quantitative estimate of drug-likeness (QED) is 0.882. The molecule has 1 aliphatic carbocycles. The second kappa shape index (κ2) is 6.01. The molecule has 0 atom stereocenters. The van der Waals surface area contributed by atoms with Gasteiger partial charge in [-0.15, -0.1) is 0 Å². The molecule has 0 fully saturated rings. The van der Waals surface area contributed by atoms with Gasteiger partial charge in [0.1, 0.15) is 11.3 Å². The third kappa shape index (κ3) is 2.68. The smallest absolute Gasteiger partial charge is 0.339 e. The summed E-state index contributed by atoms with van der Waals surface area (Å²) in [5, 5.41) is 3.72. The molecule has 0 radical (unpaired) electrons. The van der Waals surface area contributed by atoms with Gasteiger partial charge < -0.3 is 14.5 Å². The molecule has 0 bridgehead atoms. The standard InChI is InChI=1S/C16H16ClNO4/c1-18-15(19)8-21-14-7-13-11(6-12(14)17)9-4-2-3-5-10(9)16(20)22-13/h6-7H,2-5,8H2,1H3,(H,18,19). The summed E-state index contributed by atoms with van der Waals surface area (Å²) >= 11 is 6.24. The molecule has 0 saturated carbocycles. The van der Waals surface area contributed by atoms with E-state index in [1.807, 2.05) is 0 Å². The number of amides is 1. The van der Waals surface area contributed by atoms with Crippen LogP contribution in [0.4, 0.5) is 0 Å². The number of rotatable bonds is 3. The third-order valence-electron chi connectivity index (χ3n) is 3.91. The Morgan fingerprint density at radius 2 is 2.05 bits per heavy atom. The molecule has 1 amide bonds. The van der Waals surface area contributed by atoms with Crippen LogP contribution in [-0.2, 0) is 17.6 Å². The lowest BCUT2D eigenvalue weighted by molar-refractivity contribution is -0.122. The molecule has 116 valence electrons. The SMILES string of the molecule is CNC(=O)COc1cc2oc(=O)c3c(c2cc1Cl)CCCC3. The molecule has 0 unspecified atom stereocenters. The molecule has 6 heteroatoms. The molecular formula is C16H16ClNO4. The van der Waals surface area contributed by atoms with Gasteiger partial charge in [0.15, 0.2) is 6.61 Å². The molecule has 0 saturated heterocycles. The van der Waals surface area contributed by atoms with E-state index in [4.69, 9.17) is 20.8 Å². The lowest BCUT2D eigenvalue weighted by Crippen LogP contribution is -2.24. The molecule has 5 nitrogen and oxygen atoms in total. The van der Waals surface area contributed by atoms with Crippen molar-refractivity contribution in [2.75, 3.05) is 13.7 Å². The number of nitrogens with one attached hydrogen (secondary N) is 1. The van der Waals surface area contributed by atoms with Crippen LogP contribution in [0.25, 0.3) is 11.0 Å². The van der Waals surface area contributed by atoms with Crippen LogP contribution in [0.15, 0.2) is 21.3 Å². The topological polar surface area (TPSA) is 68.5 Å². The van der Waals surface area contributed by atoms with E-state index in [0.717, 1.165) is 42.2 Å². The number of hydrogen-bond acceptors (Lipinski definition) is 4. The van der Waals surface area contributed by atoms with Crippen LogP contribution in [0, 0.1) is 0 Å². The molecule has 3 rings (SSSR count). The monoisotopic (exact) mass is 321 g/mol. The summed E-state index contributed by atoms with van der Waals surface area (Å²) in [6.07, 6.45) is 3.66. The van der Waals surface area contributed by atoms with E-state index >= 15 is 0 Å². The first-order valence-corrected chi connectivity index (χ1v) is 7.59. The Morgan fingerprint density at radius 1 is 1.32 bits per heavy atom. The number of carbonyl (C=O) groups excluding carboxylic acids is 1. The van der Waals surface area contributed by atoms with E-state index in [1.165, 1.54) is 7.05 Å². The Kier molecular flexibility index (Phi) is 4.07. The molecule has 1 aromatic carbocycles. The maximum absolute atomic E-state index is 12.1. The lowest BCUT2D eigenvalue weighted by Gasteiger charge is -2.17. The van der Waals surface area contributed by atoms with Crippen LogP contribution in [0.3, 0.4) is 0 Å². The minimum absolute atomic E-state index is 0.142. The van der Waals surface area contributed by atoms with Crippen molar-refractivity contribution in [1.29, 1.82) is 0 Å². The Labute approximate surface area is 132 Å². The van der Waals surface area contributed by atoms with Gasteiger partial charge in [0.05, 0.1) is 5.02 Å². The zero-order chi connectivity index (χ0) is 15.7. The zero-order valence-electron chi connectivity index (χ0n) is 12.2. The highest BCUT2D eigenvalue weighted by molar-refractivity contribution is 6.32. The van der Waals surface area contributed by atoms with Crippen molar-refractivity contribution in [3.63, 3.8) is 0 Å². The number of likely N-dealkylation sites (N-methyl/N-ethyl adjacent to an activating group) is 1. The maximum Gasteiger partial charge on any atom is 0.339 e. The number of aryl methyl sites for hydroxylation is 1. The average Bonchev–Trinajstić information content (AvgIpc) is 2.54. The van der Waals surface area contributed by atoms with Crippen molar-refractivity contribution in [3.05, 3.63) is 38.7 Å². The summed E-state index contributed by atoms with van der Waals surface area (Å²) in [6.45, 7) is -0.142. The first-order chi connectivity index (χ1) is 10.6. The number of benzene rings is 1. The van der Waals surface area contributed by atoms with Gasteiger partial charge in [-0.1, -0.05) is 11.6 Å². The first-order valence-electron chi connectivity index (χ1n) is 7.21. The van der Waals surface area contributed by atoms with Gasteiger partial charge in [-0.05, 0) is 37.3 Å². The molecule has 22 heavy (non-hydrogen) atoms. The van der Waals surface area contributed by atoms with Crippen molar-refractivity contribution >= 4 is 28.5 Å². The zero-order valence-corrected chi connectivity index (χ0v) is 13.0. The van der Waals surface area contributed by atoms with Crippen molar-refractivity contribution < 1.29 is 13.9 Å². The maximum atomic E-state index is 12.1. The summed E-state index contributed by atoms with van der Waals surface area (Å²) in [4.78, 5) is 23.3. The highest BCUT2D eigenvalue weighted by atomic mass is 35.5. The van der Waals surface area contributed by atoms with Crippen LogP contribution in [0.1, 0.15) is 24.0 Å². The van der Waals surface area contributed by atoms with E-state index in [2.05, 4.69) is 5.32 Å². The van der Waals surface area contributed by atoms with E-state index in [9.17, 15) is 9.59 Å². The minimum atomic E-state index is -0.290. The summed E-state index contributed by atoms with van der Waals surface area (Å²) < 4.78 is 10.8. The van der Waals surface area contributed by atoms with Crippen LogP contribution < -0.4 is 15.7 Å². The second-order valence-electron chi connectivity index (χ2n) is 5.29. The van der Waals surface area contributed by atoms with Gasteiger partial charge in [0.25, 0.3) is 5.91 Å². The molecule has 0 spiro atoms. The second-order valence-corrected chi connectivity index (χ2v) is 5.70. The van der Waals surface area contributed by atoms with E-state index in [-0.39, 0.29) is 18.1 Å². The summed E-state index contributed by atoms with van der Waals surface area (Å²) in [5.41, 5.74) is 1.94. The van der Waals surface area contributed by atoms with E-state index in [1.54, 1.807) is 12.1 Å². The van der Waals surface area contributed by atoms with Gasteiger partial charge in [-0.2, -0.15) is 0 Å². The number of fused-ring (bicyclic) bond motifs is 3. The Bertz CT molecular complexity index is 797. The van der Waals surface area contributed by atoms with E-state index in [0.29, 0.717) is 16.4 Å². The van der Waals surface area contributed by atoms with Crippen LogP contribution in [-0.4, -0.2) is 19.6 Å². The van der Waals surface area contributed by atoms with Gasteiger partial charge >= 0.3 is 5.63 Å². The van der Waals surface area contributed by atoms with Crippen molar-refractivity contribution in [3.8, 4) is 5.75 Å². The molecule has 1 heterocycles. The van der Waals surface area contributed by atoms with Gasteiger partial charge in [-0.25, -0.2) is 4.79 Å². The fraction of sp³-hybridized carbons (Fsp3) is 0.375. The van der Waals surface area contributed by atoms with E-state index < -0.39 is 0 Å². The van der Waals surface area contributed by atoms with Crippen LogP contribution >= 0.6 is 11.6 Å². The molecular weight excluding hydrogens is 306 g/mol. The lowest BCUT2D eigenvalue weighted by atomic mass is 9.91.